The lowest BCUT2D eigenvalue weighted by Gasteiger charge is -2.01. The van der Waals surface area contributed by atoms with Gasteiger partial charge in [-0.3, -0.25) is 14.9 Å². The minimum Gasteiger partial charge on any atom is -0.267 e. The van der Waals surface area contributed by atoms with Crippen molar-refractivity contribution >= 4 is 28.6 Å². The highest BCUT2D eigenvalue weighted by Gasteiger charge is 2.11. The molecule has 0 aliphatic carbocycles. The number of benzene rings is 1. The molecule has 0 unspecified atom stereocenters. The molecular weight excluding hydrogens is 297 g/mol. The summed E-state index contributed by atoms with van der Waals surface area (Å²) < 4.78 is 13.0. The van der Waals surface area contributed by atoms with Crippen LogP contribution in [0.1, 0.15) is 22.2 Å². The van der Waals surface area contributed by atoms with Gasteiger partial charge in [0.05, 0.1) is 20.9 Å². The molecular formula is C13H10FN3O3S. The van der Waals surface area contributed by atoms with Crippen molar-refractivity contribution in [2.24, 2.45) is 5.10 Å². The fraction of sp³-hybridized carbons (Fsp3) is 0.0769. The van der Waals surface area contributed by atoms with Gasteiger partial charge in [-0.2, -0.15) is 5.10 Å². The first-order chi connectivity index (χ1) is 9.97. The Morgan fingerprint density at radius 1 is 1.43 bits per heavy atom. The maximum Gasteiger partial charge on any atom is 0.280 e. The van der Waals surface area contributed by atoms with Gasteiger partial charge in [-0.25, -0.2) is 9.82 Å². The first-order valence-electron chi connectivity index (χ1n) is 5.81. The number of nitrogens with zero attached hydrogens (tertiary/aromatic N) is 2. The zero-order valence-corrected chi connectivity index (χ0v) is 11.7. The van der Waals surface area contributed by atoms with Crippen molar-refractivity contribution in [3.63, 3.8) is 0 Å². The molecule has 1 amide bonds. The third-order valence-electron chi connectivity index (χ3n) is 2.56. The van der Waals surface area contributed by atoms with Gasteiger partial charge in [0.25, 0.3) is 11.6 Å². The summed E-state index contributed by atoms with van der Waals surface area (Å²) >= 11 is 1.15. The molecule has 0 fully saturated rings. The summed E-state index contributed by atoms with van der Waals surface area (Å²) in [6, 6.07) is 6.58. The number of carbonyl (C=O) groups excluding carboxylic acids is 1. The van der Waals surface area contributed by atoms with E-state index in [9.17, 15) is 19.3 Å². The maximum absolute atomic E-state index is 13.0. The lowest BCUT2D eigenvalue weighted by Crippen LogP contribution is -2.19. The Morgan fingerprint density at radius 2 is 2.19 bits per heavy atom. The summed E-state index contributed by atoms with van der Waals surface area (Å²) in [5.41, 5.74) is 2.83. The van der Waals surface area contributed by atoms with E-state index in [1.807, 2.05) is 0 Å². The van der Waals surface area contributed by atoms with Gasteiger partial charge in [-0.05, 0) is 25.1 Å². The van der Waals surface area contributed by atoms with Gasteiger partial charge in [0, 0.05) is 11.6 Å². The van der Waals surface area contributed by atoms with Crippen molar-refractivity contribution in [2.75, 3.05) is 0 Å². The molecule has 2 aromatic rings. The third-order valence-corrected chi connectivity index (χ3v) is 3.59. The van der Waals surface area contributed by atoms with Crippen molar-refractivity contribution in [1.82, 2.24) is 5.43 Å². The van der Waals surface area contributed by atoms with E-state index >= 15 is 0 Å². The summed E-state index contributed by atoms with van der Waals surface area (Å²) in [6.45, 7) is 1.61. The molecule has 0 saturated heterocycles. The Hall–Kier alpha value is -2.61. The Morgan fingerprint density at radius 3 is 2.81 bits per heavy atom. The Balaban J connectivity index is 2.09. The number of nitrogens with one attached hydrogen (secondary N) is 1. The molecule has 0 radical (unpaired) electrons. The van der Waals surface area contributed by atoms with Crippen molar-refractivity contribution in [2.45, 2.75) is 6.92 Å². The fourth-order valence-electron chi connectivity index (χ4n) is 1.50. The molecule has 6 nitrogen and oxygen atoms in total. The highest BCUT2D eigenvalue weighted by Crippen LogP contribution is 2.21. The third kappa shape index (κ3) is 3.69. The van der Waals surface area contributed by atoms with Gasteiger partial charge in [0.1, 0.15) is 5.82 Å². The molecule has 0 aliphatic heterocycles. The van der Waals surface area contributed by atoms with E-state index in [-0.39, 0.29) is 11.3 Å². The molecule has 8 heteroatoms. The number of carbonyl (C=O) groups is 1. The predicted molar refractivity (Wildman–Crippen MR) is 77.1 cm³/mol. The Bertz CT molecular complexity index is 727. The monoisotopic (exact) mass is 307 g/mol. The van der Waals surface area contributed by atoms with Gasteiger partial charge in [0.2, 0.25) is 0 Å². The number of hydrogen-bond donors (Lipinski definition) is 1. The number of hydrogen-bond acceptors (Lipinski definition) is 5. The number of amides is 1. The van der Waals surface area contributed by atoms with Crippen LogP contribution in [0.5, 0.6) is 0 Å². The second-order valence-corrected chi connectivity index (χ2v) is 4.99. The topological polar surface area (TPSA) is 84.6 Å². The second kappa shape index (κ2) is 6.23. The Labute approximate surface area is 123 Å². The second-order valence-electron chi connectivity index (χ2n) is 4.07. The number of hydrazone groups is 1. The van der Waals surface area contributed by atoms with E-state index in [1.54, 1.807) is 6.92 Å². The van der Waals surface area contributed by atoms with Crippen molar-refractivity contribution < 1.29 is 14.1 Å². The molecule has 1 aromatic carbocycles. The van der Waals surface area contributed by atoms with Crippen LogP contribution in [0.4, 0.5) is 10.1 Å². The van der Waals surface area contributed by atoms with Crippen molar-refractivity contribution in [3.8, 4) is 0 Å². The molecule has 1 heterocycles. The van der Waals surface area contributed by atoms with E-state index in [4.69, 9.17) is 0 Å². The first-order valence-corrected chi connectivity index (χ1v) is 6.69. The lowest BCUT2D eigenvalue weighted by atomic mass is 10.2. The Kier molecular flexibility index (Phi) is 4.39. The smallest absolute Gasteiger partial charge is 0.267 e. The van der Waals surface area contributed by atoms with Gasteiger partial charge in [-0.1, -0.05) is 6.07 Å². The maximum atomic E-state index is 13.0. The summed E-state index contributed by atoms with van der Waals surface area (Å²) in [6.07, 6.45) is 0. The summed E-state index contributed by atoms with van der Waals surface area (Å²) in [7, 11) is 0. The van der Waals surface area contributed by atoms with Crippen LogP contribution in [0.25, 0.3) is 0 Å². The molecule has 108 valence electrons. The van der Waals surface area contributed by atoms with Gasteiger partial charge in [0.15, 0.2) is 0 Å². The fourth-order valence-corrected chi connectivity index (χ4v) is 2.30. The molecule has 0 bridgehead atoms. The highest BCUT2D eigenvalue weighted by atomic mass is 32.1. The van der Waals surface area contributed by atoms with E-state index in [2.05, 4.69) is 10.5 Å². The van der Waals surface area contributed by atoms with Gasteiger partial charge in [-0.15, -0.1) is 11.3 Å². The summed E-state index contributed by atoms with van der Waals surface area (Å²) in [5.74, 6) is -1.07. The molecule has 0 saturated carbocycles. The van der Waals surface area contributed by atoms with Crippen LogP contribution in [0, 0.1) is 15.9 Å². The average molecular weight is 307 g/mol. The van der Waals surface area contributed by atoms with Gasteiger partial charge < -0.3 is 0 Å². The number of rotatable bonds is 4. The normalized spacial score (nSPS) is 11.2. The van der Waals surface area contributed by atoms with Crippen molar-refractivity contribution in [1.29, 1.82) is 0 Å². The predicted octanol–water partition coefficient (Wildman–Crippen LogP) is 2.95. The standard InChI is InChI=1S/C13H10FN3O3S/c1-8(12-6-11(7-21-12)17(19)20)15-16-13(18)9-3-2-4-10(14)5-9/h2-7H,1H3,(H,16,18)/b15-8+. The molecule has 2 rings (SSSR count). The van der Waals surface area contributed by atoms with Crippen LogP contribution in [0.2, 0.25) is 0 Å². The minimum absolute atomic E-state index is 0.0268. The van der Waals surface area contributed by atoms with Crippen LogP contribution < -0.4 is 5.43 Å². The van der Waals surface area contributed by atoms with E-state index in [0.717, 1.165) is 17.4 Å². The van der Waals surface area contributed by atoms with Crippen LogP contribution in [-0.2, 0) is 0 Å². The number of thiophene rings is 1. The molecule has 1 aromatic heterocycles. The van der Waals surface area contributed by atoms with Crippen LogP contribution in [-0.4, -0.2) is 16.5 Å². The molecule has 1 N–H and O–H groups in total. The zero-order valence-electron chi connectivity index (χ0n) is 10.9. The van der Waals surface area contributed by atoms with E-state index in [1.165, 1.54) is 29.6 Å². The molecule has 0 atom stereocenters. The van der Waals surface area contributed by atoms with Gasteiger partial charge >= 0.3 is 0 Å². The van der Waals surface area contributed by atoms with Crippen LogP contribution in [0.3, 0.4) is 0 Å². The SMILES string of the molecule is C/C(=N\NC(=O)c1cccc(F)c1)c1cc([N+](=O)[O-])cs1. The van der Waals surface area contributed by atoms with E-state index < -0.39 is 16.6 Å². The van der Waals surface area contributed by atoms with Crippen LogP contribution in [0.15, 0.2) is 40.8 Å². The largest absolute Gasteiger partial charge is 0.280 e. The van der Waals surface area contributed by atoms with Crippen molar-refractivity contribution in [3.05, 3.63) is 62.1 Å². The minimum atomic E-state index is -0.556. The molecule has 0 aliphatic rings. The summed E-state index contributed by atoms with van der Waals surface area (Å²) in [4.78, 5) is 22.4. The van der Waals surface area contributed by atoms with E-state index in [0.29, 0.717) is 10.6 Å². The lowest BCUT2D eigenvalue weighted by molar-refractivity contribution is -0.384. The highest BCUT2D eigenvalue weighted by molar-refractivity contribution is 7.12. The zero-order chi connectivity index (χ0) is 15.4. The van der Waals surface area contributed by atoms with Crippen LogP contribution >= 0.6 is 11.3 Å². The summed E-state index contributed by atoms with van der Waals surface area (Å²) in [5, 5.41) is 15.8. The number of halogens is 1. The average Bonchev–Trinajstić information content (AvgIpc) is 2.94. The number of nitro groups is 1. The molecule has 21 heavy (non-hydrogen) atoms. The quantitative estimate of drug-likeness (QED) is 0.535. The first kappa shape index (κ1) is 14.8. The molecule has 0 spiro atoms.